The first-order valence-electron chi connectivity index (χ1n) is 10.0. The van der Waals surface area contributed by atoms with Crippen molar-refractivity contribution in [2.45, 2.75) is 13.8 Å². The summed E-state index contributed by atoms with van der Waals surface area (Å²) in [6, 6.07) is 22.2. The second-order valence-electron chi connectivity index (χ2n) is 6.98. The Morgan fingerprint density at radius 2 is 1.09 bits per heavy atom. The van der Waals surface area contributed by atoms with Crippen molar-refractivity contribution in [2.75, 3.05) is 19.6 Å². The van der Waals surface area contributed by atoms with Gasteiger partial charge in [0.1, 0.15) is 11.5 Å². The molecule has 3 rings (SSSR count). The first-order chi connectivity index (χ1) is 15.5. The standard InChI is InChI=1S/C25H26N4O3/c1-17(19-7-13-23(31-3)14-8-19)26-28-22-11-5-21(6-12-22)25(30)29-27-18(2)20-9-15-24(32-4)16-10-20/h5-16,28H,1-4H3,(H,29,30)/b26-17-,27-18+. The number of anilines is 1. The molecule has 3 aromatic carbocycles. The fourth-order valence-electron chi connectivity index (χ4n) is 2.84. The van der Waals surface area contributed by atoms with Gasteiger partial charge in [0.2, 0.25) is 0 Å². The van der Waals surface area contributed by atoms with Crippen LogP contribution in [-0.2, 0) is 0 Å². The fraction of sp³-hybridized carbons (Fsp3) is 0.160. The Labute approximate surface area is 187 Å². The van der Waals surface area contributed by atoms with E-state index in [1.807, 2.05) is 62.4 Å². The van der Waals surface area contributed by atoms with Gasteiger partial charge in [0.25, 0.3) is 5.91 Å². The van der Waals surface area contributed by atoms with E-state index in [0.717, 1.165) is 34.0 Å². The number of carbonyl (C=O) groups excluding carboxylic acids is 1. The van der Waals surface area contributed by atoms with Crippen molar-refractivity contribution >= 4 is 23.0 Å². The molecule has 0 fully saturated rings. The van der Waals surface area contributed by atoms with Crippen molar-refractivity contribution < 1.29 is 14.3 Å². The van der Waals surface area contributed by atoms with E-state index in [2.05, 4.69) is 21.1 Å². The van der Waals surface area contributed by atoms with Gasteiger partial charge in [0.05, 0.1) is 31.3 Å². The lowest BCUT2D eigenvalue weighted by Crippen LogP contribution is -2.19. The van der Waals surface area contributed by atoms with Crippen molar-refractivity contribution in [2.24, 2.45) is 10.2 Å². The van der Waals surface area contributed by atoms with Crippen molar-refractivity contribution in [3.05, 3.63) is 89.5 Å². The van der Waals surface area contributed by atoms with Crippen LogP contribution in [0.3, 0.4) is 0 Å². The summed E-state index contributed by atoms with van der Waals surface area (Å²) in [5.74, 6) is 1.28. The summed E-state index contributed by atoms with van der Waals surface area (Å²) >= 11 is 0. The molecule has 2 N–H and O–H groups in total. The summed E-state index contributed by atoms with van der Waals surface area (Å²) in [5, 5.41) is 8.58. The first kappa shape index (κ1) is 22.6. The van der Waals surface area contributed by atoms with E-state index in [4.69, 9.17) is 9.47 Å². The summed E-state index contributed by atoms with van der Waals surface area (Å²) in [7, 11) is 3.25. The molecule has 0 bridgehead atoms. The molecule has 3 aromatic rings. The first-order valence-corrected chi connectivity index (χ1v) is 10.0. The van der Waals surface area contributed by atoms with E-state index >= 15 is 0 Å². The number of methoxy groups -OCH3 is 2. The Hall–Kier alpha value is -4.13. The van der Waals surface area contributed by atoms with Gasteiger partial charge in [0, 0.05) is 5.56 Å². The lowest BCUT2D eigenvalue weighted by molar-refractivity contribution is 0.0955. The van der Waals surface area contributed by atoms with Crippen LogP contribution < -0.4 is 20.3 Å². The van der Waals surface area contributed by atoms with E-state index in [1.54, 1.807) is 38.5 Å². The van der Waals surface area contributed by atoms with Crippen LogP contribution in [0.5, 0.6) is 11.5 Å². The lowest BCUT2D eigenvalue weighted by atomic mass is 10.1. The lowest BCUT2D eigenvalue weighted by Gasteiger charge is -2.06. The molecule has 0 radical (unpaired) electrons. The van der Waals surface area contributed by atoms with E-state index in [-0.39, 0.29) is 5.91 Å². The maximum Gasteiger partial charge on any atom is 0.271 e. The Morgan fingerprint density at radius 1 is 0.656 bits per heavy atom. The molecule has 0 atom stereocenters. The molecule has 0 saturated heterocycles. The molecular weight excluding hydrogens is 404 g/mol. The number of carbonyl (C=O) groups is 1. The topological polar surface area (TPSA) is 84.3 Å². The monoisotopic (exact) mass is 430 g/mol. The van der Waals surface area contributed by atoms with Crippen LogP contribution in [0, 0.1) is 0 Å². The maximum absolute atomic E-state index is 12.4. The van der Waals surface area contributed by atoms with Gasteiger partial charge >= 0.3 is 0 Å². The molecule has 0 aromatic heterocycles. The molecular formula is C25H26N4O3. The van der Waals surface area contributed by atoms with E-state index in [1.165, 1.54) is 0 Å². The molecule has 0 aliphatic heterocycles. The Balaban J connectivity index is 1.58. The van der Waals surface area contributed by atoms with Crippen molar-refractivity contribution in [1.29, 1.82) is 0 Å². The molecule has 0 aliphatic carbocycles. The van der Waals surface area contributed by atoms with E-state index in [0.29, 0.717) is 11.3 Å². The largest absolute Gasteiger partial charge is 0.497 e. The minimum atomic E-state index is -0.290. The Morgan fingerprint density at radius 3 is 1.56 bits per heavy atom. The zero-order valence-electron chi connectivity index (χ0n) is 18.5. The second-order valence-corrected chi connectivity index (χ2v) is 6.98. The highest BCUT2D eigenvalue weighted by Gasteiger charge is 2.06. The molecule has 0 aliphatic rings. The molecule has 1 amide bonds. The average Bonchev–Trinajstić information content (AvgIpc) is 2.86. The molecule has 7 heteroatoms. The maximum atomic E-state index is 12.4. The molecule has 32 heavy (non-hydrogen) atoms. The van der Waals surface area contributed by atoms with Crippen LogP contribution in [0.4, 0.5) is 5.69 Å². The van der Waals surface area contributed by atoms with Crippen LogP contribution in [0.1, 0.15) is 35.3 Å². The molecule has 0 heterocycles. The van der Waals surface area contributed by atoms with Gasteiger partial charge in [-0.3, -0.25) is 10.2 Å². The summed E-state index contributed by atoms with van der Waals surface area (Å²) in [6.07, 6.45) is 0. The molecule has 7 nitrogen and oxygen atoms in total. The van der Waals surface area contributed by atoms with Gasteiger partial charge in [-0.05, 0) is 97.8 Å². The SMILES string of the molecule is COc1ccc(/C(C)=N\Nc2ccc(C(=O)N/N=C(\C)c3ccc(OC)cc3)cc2)cc1. The quantitative estimate of drug-likeness (QED) is 0.401. The van der Waals surface area contributed by atoms with Crippen molar-refractivity contribution in [1.82, 2.24) is 5.43 Å². The number of rotatable bonds is 8. The van der Waals surface area contributed by atoms with Crippen LogP contribution >= 0.6 is 0 Å². The van der Waals surface area contributed by atoms with Crippen LogP contribution in [-0.4, -0.2) is 31.6 Å². The van der Waals surface area contributed by atoms with Gasteiger partial charge in [0.15, 0.2) is 0 Å². The van der Waals surface area contributed by atoms with E-state index in [9.17, 15) is 4.79 Å². The highest BCUT2D eigenvalue weighted by atomic mass is 16.5. The van der Waals surface area contributed by atoms with Gasteiger partial charge in [-0.1, -0.05) is 0 Å². The smallest absolute Gasteiger partial charge is 0.271 e. The van der Waals surface area contributed by atoms with Crippen LogP contribution in [0.2, 0.25) is 0 Å². The molecule has 0 spiro atoms. The van der Waals surface area contributed by atoms with Gasteiger partial charge in [-0.15, -0.1) is 0 Å². The molecule has 0 unspecified atom stereocenters. The molecule has 0 saturated carbocycles. The van der Waals surface area contributed by atoms with Gasteiger partial charge in [-0.2, -0.15) is 10.2 Å². The zero-order valence-corrected chi connectivity index (χ0v) is 18.5. The predicted molar refractivity (Wildman–Crippen MR) is 128 cm³/mol. The average molecular weight is 431 g/mol. The number of amides is 1. The minimum Gasteiger partial charge on any atom is -0.497 e. The minimum absolute atomic E-state index is 0.290. The summed E-state index contributed by atoms with van der Waals surface area (Å²) in [4.78, 5) is 12.4. The number of nitrogens with one attached hydrogen (secondary N) is 2. The number of nitrogens with zero attached hydrogens (tertiary/aromatic N) is 2. The Bertz CT molecular complexity index is 1100. The fourth-order valence-corrected chi connectivity index (χ4v) is 2.84. The summed E-state index contributed by atoms with van der Waals surface area (Å²) in [5.41, 5.74) is 10.3. The zero-order chi connectivity index (χ0) is 22.9. The normalized spacial score (nSPS) is 11.6. The summed E-state index contributed by atoms with van der Waals surface area (Å²) in [6.45, 7) is 3.75. The second kappa shape index (κ2) is 10.8. The number of ether oxygens (including phenoxy) is 2. The van der Waals surface area contributed by atoms with Crippen LogP contribution in [0.15, 0.2) is 83.0 Å². The summed E-state index contributed by atoms with van der Waals surface area (Å²) < 4.78 is 10.3. The van der Waals surface area contributed by atoms with Crippen LogP contribution in [0.25, 0.3) is 0 Å². The third-order valence-electron chi connectivity index (χ3n) is 4.84. The van der Waals surface area contributed by atoms with E-state index < -0.39 is 0 Å². The van der Waals surface area contributed by atoms with Crippen molar-refractivity contribution in [3.8, 4) is 11.5 Å². The Kier molecular flexibility index (Phi) is 7.59. The third-order valence-corrected chi connectivity index (χ3v) is 4.84. The van der Waals surface area contributed by atoms with Crippen molar-refractivity contribution in [3.63, 3.8) is 0 Å². The molecule has 164 valence electrons. The number of benzene rings is 3. The predicted octanol–water partition coefficient (Wildman–Crippen LogP) is 4.69. The van der Waals surface area contributed by atoms with Gasteiger partial charge in [-0.25, -0.2) is 5.43 Å². The third kappa shape index (κ3) is 5.95. The highest BCUT2D eigenvalue weighted by Crippen LogP contribution is 2.14. The number of hydrazone groups is 2. The number of hydrogen-bond donors (Lipinski definition) is 2. The van der Waals surface area contributed by atoms with Gasteiger partial charge < -0.3 is 9.47 Å². The highest BCUT2D eigenvalue weighted by molar-refractivity contribution is 6.01. The number of hydrogen-bond acceptors (Lipinski definition) is 6.